The highest BCUT2D eigenvalue weighted by molar-refractivity contribution is 5.81. The van der Waals surface area contributed by atoms with Crippen LogP contribution in [0.2, 0.25) is 0 Å². The molecule has 0 radical (unpaired) electrons. The van der Waals surface area contributed by atoms with Crippen LogP contribution in [-0.2, 0) is 6.54 Å². The van der Waals surface area contributed by atoms with Crippen molar-refractivity contribution >= 4 is 21.8 Å². The molecule has 0 amide bonds. The number of hydrogen-bond acceptors (Lipinski definition) is 0. The topological polar surface area (TPSA) is 20.7 Å². The number of hydrogen-bond donors (Lipinski definition) is 1. The molecule has 0 spiro atoms. The molecule has 0 saturated heterocycles. The van der Waals surface area contributed by atoms with Gasteiger partial charge in [0.1, 0.15) is 0 Å². The summed E-state index contributed by atoms with van der Waals surface area (Å²) in [4.78, 5) is 3.48. The molecule has 1 N–H and O–H groups in total. The third-order valence-electron chi connectivity index (χ3n) is 3.61. The number of aromatic nitrogens is 2. The Hall–Kier alpha value is -2.48. The van der Waals surface area contributed by atoms with Gasteiger partial charge in [0.15, 0.2) is 0 Å². The number of rotatable bonds is 2. The summed E-state index contributed by atoms with van der Waals surface area (Å²) >= 11 is 0. The Bertz CT molecular complexity index is 819. The third kappa shape index (κ3) is 1.73. The molecule has 0 saturated carbocycles. The van der Waals surface area contributed by atoms with Crippen LogP contribution >= 0.6 is 0 Å². The van der Waals surface area contributed by atoms with Crippen LogP contribution in [0.25, 0.3) is 21.8 Å². The lowest BCUT2D eigenvalue weighted by atomic mass is 10.2. The normalized spacial score (nSPS) is 11.4. The molecular weight excluding hydrogens is 232 g/mol. The first kappa shape index (κ1) is 10.4. The van der Waals surface area contributed by atoms with E-state index >= 15 is 0 Å². The van der Waals surface area contributed by atoms with Gasteiger partial charge in [-0.1, -0.05) is 36.4 Å². The van der Waals surface area contributed by atoms with Crippen molar-refractivity contribution in [3.63, 3.8) is 0 Å². The highest BCUT2D eigenvalue weighted by atomic mass is 15.0. The second-order valence-electron chi connectivity index (χ2n) is 4.88. The maximum Gasteiger partial charge on any atom is 0.0626 e. The molecule has 2 aromatic carbocycles. The summed E-state index contributed by atoms with van der Waals surface area (Å²) < 4.78 is 2.28. The first-order valence-electron chi connectivity index (χ1n) is 6.51. The lowest BCUT2D eigenvalue weighted by Crippen LogP contribution is -1.97. The summed E-state index contributed by atoms with van der Waals surface area (Å²) in [6.07, 6.45) is 2.15. The molecule has 0 aliphatic heterocycles. The molecule has 0 atom stereocenters. The van der Waals surface area contributed by atoms with E-state index in [1.54, 1.807) is 0 Å². The Morgan fingerprint density at radius 2 is 1.63 bits per heavy atom. The van der Waals surface area contributed by atoms with Crippen molar-refractivity contribution in [3.8, 4) is 0 Å². The van der Waals surface area contributed by atoms with E-state index in [0.29, 0.717) is 0 Å². The number of fused-ring (bicyclic) bond motifs is 2. The first-order chi connectivity index (χ1) is 9.40. The molecule has 4 rings (SSSR count). The molecule has 2 heterocycles. The van der Waals surface area contributed by atoms with Gasteiger partial charge in [0.05, 0.1) is 6.54 Å². The molecule has 4 aromatic rings. The van der Waals surface area contributed by atoms with Crippen molar-refractivity contribution < 1.29 is 0 Å². The number of benzene rings is 2. The highest BCUT2D eigenvalue weighted by Crippen LogP contribution is 2.19. The predicted octanol–water partition coefficient (Wildman–Crippen LogP) is 4.17. The van der Waals surface area contributed by atoms with Gasteiger partial charge >= 0.3 is 0 Å². The SMILES string of the molecule is c1ccc2[nH]c(Cn3ccc4ccccc43)cc2c1. The molecule has 2 aromatic heterocycles. The summed E-state index contributed by atoms with van der Waals surface area (Å²) in [6.45, 7) is 0.877. The van der Waals surface area contributed by atoms with E-state index in [1.807, 2.05) is 0 Å². The molecule has 92 valence electrons. The number of nitrogens with zero attached hydrogens (tertiary/aromatic N) is 1. The van der Waals surface area contributed by atoms with Crippen molar-refractivity contribution in [2.45, 2.75) is 6.54 Å². The zero-order valence-corrected chi connectivity index (χ0v) is 10.5. The third-order valence-corrected chi connectivity index (χ3v) is 3.61. The van der Waals surface area contributed by atoms with E-state index in [9.17, 15) is 0 Å². The molecule has 0 aliphatic rings. The fraction of sp³-hybridized carbons (Fsp3) is 0.0588. The average Bonchev–Trinajstić information content (AvgIpc) is 3.03. The Labute approximate surface area is 111 Å². The summed E-state index contributed by atoms with van der Waals surface area (Å²) in [5, 5.41) is 2.56. The molecular formula is C17H14N2. The summed E-state index contributed by atoms with van der Waals surface area (Å²) in [7, 11) is 0. The van der Waals surface area contributed by atoms with Gasteiger partial charge in [0, 0.05) is 22.9 Å². The first-order valence-corrected chi connectivity index (χ1v) is 6.51. The molecule has 0 aliphatic carbocycles. The van der Waals surface area contributed by atoms with Crippen LogP contribution in [0.15, 0.2) is 66.9 Å². The second-order valence-corrected chi connectivity index (χ2v) is 4.88. The molecule has 2 nitrogen and oxygen atoms in total. The highest BCUT2D eigenvalue weighted by Gasteiger charge is 2.03. The van der Waals surface area contributed by atoms with Crippen LogP contribution < -0.4 is 0 Å². The molecule has 0 unspecified atom stereocenters. The van der Waals surface area contributed by atoms with Gasteiger partial charge in [-0.3, -0.25) is 0 Å². The predicted molar refractivity (Wildman–Crippen MR) is 79.3 cm³/mol. The van der Waals surface area contributed by atoms with Crippen molar-refractivity contribution in [1.82, 2.24) is 9.55 Å². The van der Waals surface area contributed by atoms with Crippen LogP contribution in [0.4, 0.5) is 0 Å². The van der Waals surface area contributed by atoms with Crippen LogP contribution in [-0.4, -0.2) is 9.55 Å². The van der Waals surface area contributed by atoms with Crippen LogP contribution in [0.1, 0.15) is 5.69 Å². The molecule has 19 heavy (non-hydrogen) atoms. The van der Waals surface area contributed by atoms with Gasteiger partial charge in [-0.05, 0) is 35.0 Å². The fourth-order valence-electron chi connectivity index (χ4n) is 2.68. The maximum atomic E-state index is 3.48. The summed E-state index contributed by atoms with van der Waals surface area (Å²) in [6, 6.07) is 21.3. The van der Waals surface area contributed by atoms with E-state index in [0.717, 1.165) is 6.54 Å². The van der Waals surface area contributed by atoms with Crippen LogP contribution in [0, 0.1) is 0 Å². The monoisotopic (exact) mass is 246 g/mol. The van der Waals surface area contributed by atoms with E-state index < -0.39 is 0 Å². The van der Waals surface area contributed by atoms with Crippen molar-refractivity contribution in [2.24, 2.45) is 0 Å². The maximum absolute atomic E-state index is 3.48. The quantitative estimate of drug-likeness (QED) is 0.548. The van der Waals surface area contributed by atoms with Gasteiger partial charge in [0.2, 0.25) is 0 Å². The zero-order valence-electron chi connectivity index (χ0n) is 10.5. The fourth-order valence-corrected chi connectivity index (χ4v) is 2.68. The number of para-hydroxylation sites is 2. The zero-order chi connectivity index (χ0) is 12.7. The van der Waals surface area contributed by atoms with E-state index in [2.05, 4.69) is 76.4 Å². The van der Waals surface area contributed by atoms with Crippen molar-refractivity contribution in [1.29, 1.82) is 0 Å². The molecule has 0 fully saturated rings. The van der Waals surface area contributed by atoms with Crippen LogP contribution in [0.5, 0.6) is 0 Å². The van der Waals surface area contributed by atoms with Crippen LogP contribution in [0.3, 0.4) is 0 Å². The summed E-state index contributed by atoms with van der Waals surface area (Å²) in [5.74, 6) is 0. The number of aromatic amines is 1. The Morgan fingerprint density at radius 1 is 0.842 bits per heavy atom. The number of nitrogens with one attached hydrogen (secondary N) is 1. The standard InChI is InChI=1S/C17H14N2/c1-3-7-16-14(6-1)11-15(18-16)12-19-10-9-13-5-2-4-8-17(13)19/h1-11,18H,12H2. The second kappa shape index (κ2) is 4.02. The lowest BCUT2D eigenvalue weighted by molar-refractivity contribution is 0.817. The van der Waals surface area contributed by atoms with Gasteiger partial charge in [-0.15, -0.1) is 0 Å². The van der Waals surface area contributed by atoms with Gasteiger partial charge in [-0.2, -0.15) is 0 Å². The van der Waals surface area contributed by atoms with Gasteiger partial charge in [-0.25, -0.2) is 0 Å². The van der Waals surface area contributed by atoms with Gasteiger partial charge < -0.3 is 9.55 Å². The number of H-pyrrole nitrogens is 1. The van der Waals surface area contributed by atoms with Crippen molar-refractivity contribution in [2.75, 3.05) is 0 Å². The van der Waals surface area contributed by atoms with E-state index in [-0.39, 0.29) is 0 Å². The lowest BCUT2D eigenvalue weighted by Gasteiger charge is -2.03. The van der Waals surface area contributed by atoms with Crippen molar-refractivity contribution in [3.05, 3.63) is 72.6 Å². The minimum atomic E-state index is 0.877. The molecule has 0 bridgehead atoms. The molecule has 2 heteroatoms. The van der Waals surface area contributed by atoms with E-state index in [1.165, 1.54) is 27.5 Å². The minimum absolute atomic E-state index is 0.877. The van der Waals surface area contributed by atoms with Gasteiger partial charge in [0.25, 0.3) is 0 Å². The Balaban J connectivity index is 1.78. The minimum Gasteiger partial charge on any atom is -0.357 e. The average molecular weight is 246 g/mol. The Morgan fingerprint density at radius 3 is 2.53 bits per heavy atom. The largest absolute Gasteiger partial charge is 0.357 e. The summed E-state index contributed by atoms with van der Waals surface area (Å²) in [5.41, 5.74) is 3.72. The smallest absolute Gasteiger partial charge is 0.0626 e. The van der Waals surface area contributed by atoms with E-state index in [4.69, 9.17) is 0 Å². The Kier molecular flexibility index (Phi) is 2.21.